The number of carbonyl (C=O) groups is 1. The Bertz CT molecular complexity index is 287. The first-order chi connectivity index (χ1) is 9.19. The molecule has 2 fully saturated rings. The van der Waals surface area contributed by atoms with E-state index in [1.165, 1.54) is 19.4 Å². The van der Waals surface area contributed by atoms with E-state index < -0.39 is 0 Å². The Morgan fingerprint density at radius 1 is 1.21 bits per heavy atom. The van der Waals surface area contributed by atoms with Crippen molar-refractivity contribution in [3.63, 3.8) is 0 Å². The Kier molecular flexibility index (Phi) is 5.64. The van der Waals surface area contributed by atoms with E-state index in [1.54, 1.807) is 0 Å². The van der Waals surface area contributed by atoms with Gasteiger partial charge in [-0.3, -0.25) is 4.79 Å². The third kappa shape index (κ3) is 4.46. The molecule has 1 aliphatic heterocycles. The first-order valence-corrected chi connectivity index (χ1v) is 7.85. The van der Waals surface area contributed by atoms with Crippen LogP contribution < -0.4 is 11.1 Å². The molecule has 1 amide bonds. The van der Waals surface area contributed by atoms with Gasteiger partial charge in [0, 0.05) is 19.0 Å². The topological polar surface area (TPSA) is 58.4 Å². The van der Waals surface area contributed by atoms with Crippen LogP contribution in [0.25, 0.3) is 0 Å². The molecular formula is C15H29N3O. The quantitative estimate of drug-likeness (QED) is 0.805. The zero-order valence-electron chi connectivity index (χ0n) is 12.2. The minimum absolute atomic E-state index is 0.240. The van der Waals surface area contributed by atoms with E-state index >= 15 is 0 Å². The average molecular weight is 267 g/mol. The largest absolute Gasteiger partial charge is 0.356 e. The van der Waals surface area contributed by atoms with Gasteiger partial charge in [-0.2, -0.15) is 0 Å². The summed E-state index contributed by atoms with van der Waals surface area (Å²) in [6, 6.07) is 0. The van der Waals surface area contributed by atoms with Crippen LogP contribution in [-0.4, -0.2) is 44.0 Å². The van der Waals surface area contributed by atoms with Crippen LogP contribution in [0, 0.1) is 17.8 Å². The fourth-order valence-corrected chi connectivity index (χ4v) is 3.49. The summed E-state index contributed by atoms with van der Waals surface area (Å²) < 4.78 is 0. The van der Waals surface area contributed by atoms with Crippen LogP contribution in [0.15, 0.2) is 0 Å². The molecule has 19 heavy (non-hydrogen) atoms. The Morgan fingerprint density at radius 2 is 1.95 bits per heavy atom. The highest BCUT2D eigenvalue weighted by Crippen LogP contribution is 2.28. The fraction of sp³-hybridized carbons (Fsp3) is 0.933. The molecule has 0 radical (unpaired) electrons. The number of rotatable bonds is 4. The molecule has 4 heteroatoms. The summed E-state index contributed by atoms with van der Waals surface area (Å²) >= 11 is 0. The number of nitrogens with zero attached hydrogens (tertiary/aromatic N) is 1. The van der Waals surface area contributed by atoms with Gasteiger partial charge in [0.25, 0.3) is 0 Å². The summed E-state index contributed by atoms with van der Waals surface area (Å²) in [6.07, 6.45) is 6.82. The molecule has 0 aromatic heterocycles. The van der Waals surface area contributed by atoms with Gasteiger partial charge < -0.3 is 16.0 Å². The van der Waals surface area contributed by atoms with Crippen molar-refractivity contribution in [1.82, 2.24) is 10.2 Å². The van der Waals surface area contributed by atoms with Crippen molar-refractivity contribution in [3.8, 4) is 0 Å². The third-order valence-corrected chi connectivity index (χ3v) is 4.84. The van der Waals surface area contributed by atoms with Crippen LogP contribution in [0.2, 0.25) is 0 Å². The summed E-state index contributed by atoms with van der Waals surface area (Å²) in [7, 11) is 2.17. The Morgan fingerprint density at radius 3 is 2.58 bits per heavy atom. The number of nitrogens with one attached hydrogen (secondary N) is 1. The molecule has 2 aliphatic rings. The Hall–Kier alpha value is -0.610. The van der Waals surface area contributed by atoms with Crippen LogP contribution >= 0.6 is 0 Å². The predicted molar refractivity (Wildman–Crippen MR) is 77.7 cm³/mol. The highest BCUT2D eigenvalue weighted by molar-refractivity contribution is 5.78. The number of hydrogen-bond donors (Lipinski definition) is 2. The molecule has 1 unspecified atom stereocenters. The van der Waals surface area contributed by atoms with Gasteiger partial charge in [-0.15, -0.1) is 0 Å². The molecule has 2 rings (SSSR count). The van der Waals surface area contributed by atoms with Crippen molar-refractivity contribution >= 4 is 5.91 Å². The van der Waals surface area contributed by atoms with Gasteiger partial charge in [-0.25, -0.2) is 0 Å². The van der Waals surface area contributed by atoms with Crippen LogP contribution in [0.4, 0.5) is 0 Å². The number of likely N-dealkylation sites (tertiary alicyclic amines) is 1. The number of piperidine rings is 1. The van der Waals surface area contributed by atoms with Crippen molar-refractivity contribution in [2.75, 3.05) is 33.2 Å². The van der Waals surface area contributed by atoms with Crippen LogP contribution in [0.5, 0.6) is 0 Å². The van der Waals surface area contributed by atoms with Gasteiger partial charge in [0.05, 0.1) is 0 Å². The van der Waals surface area contributed by atoms with E-state index in [-0.39, 0.29) is 11.8 Å². The van der Waals surface area contributed by atoms with Crippen LogP contribution in [-0.2, 0) is 4.79 Å². The van der Waals surface area contributed by atoms with Gasteiger partial charge in [-0.05, 0) is 70.5 Å². The van der Waals surface area contributed by atoms with Crippen molar-refractivity contribution < 1.29 is 4.79 Å². The molecule has 3 N–H and O–H groups in total. The monoisotopic (exact) mass is 267 g/mol. The standard InChI is InChI=1S/C15H29N3O/c1-18-8-2-3-13(11-18)10-17-15(19)14-6-4-12(9-16)5-7-14/h12-14H,2-11,16H2,1H3,(H,17,19). The lowest BCUT2D eigenvalue weighted by atomic mass is 9.81. The van der Waals surface area contributed by atoms with Gasteiger partial charge >= 0.3 is 0 Å². The van der Waals surface area contributed by atoms with E-state index in [4.69, 9.17) is 5.73 Å². The van der Waals surface area contributed by atoms with E-state index in [2.05, 4.69) is 17.3 Å². The maximum atomic E-state index is 12.2. The zero-order chi connectivity index (χ0) is 13.7. The molecule has 1 heterocycles. The summed E-state index contributed by atoms with van der Waals surface area (Å²) in [5.41, 5.74) is 5.69. The van der Waals surface area contributed by atoms with Gasteiger partial charge in [-0.1, -0.05) is 0 Å². The number of amides is 1. The number of carbonyl (C=O) groups excluding carboxylic acids is 1. The Labute approximate surface area is 117 Å². The SMILES string of the molecule is CN1CCCC(CNC(=O)C2CCC(CN)CC2)C1. The molecule has 110 valence electrons. The minimum atomic E-state index is 0.240. The van der Waals surface area contributed by atoms with Gasteiger partial charge in [0.2, 0.25) is 5.91 Å². The molecule has 1 saturated carbocycles. The molecule has 1 saturated heterocycles. The smallest absolute Gasteiger partial charge is 0.223 e. The summed E-state index contributed by atoms with van der Waals surface area (Å²) in [5.74, 6) is 1.81. The summed E-state index contributed by atoms with van der Waals surface area (Å²) in [4.78, 5) is 14.5. The van der Waals surface area contributed by atoms with Crippen LogP contribution in [0.1, 0.15) is 38.5 Å². The lowest BCUT2D eigenvalue weighted by Crippen LogP contribution is -2.41. The second kappa shape index (κ2) is 7.25. The van der Waals surface area contributed by atoms with Crippen molar-refractivity contribution in [1.29, 1.82) is 0 Å². The first-order valence-electron chi connectivity index (χ1n) is 7.85. The van der Waals surface area contributed by atoms with E-state index in [9.17, 15) is 4.79 Å². The zero-order valence-corrected chi connectivity index (χ0v) is 12.2. The van der Waals surface area contributed by atoms with E-state index in [0.717, 1.165) is 45.3 Å². The molecule has 1 atom stereocenters. The lowest BCUT2D eigenvalue weighted by Gasteiger charge is -2.31. The average Bonchev–Trinajstić information content (AvgIpc) is 2.45. The molecule has 1 aliphatic carbocycles. The van der Waals surface area contributed by atoms with Crippen LogP contribution in [0.3, 0.4) is 0 Å². The van der Waals surface area contributed by atoms with E-state index in [1.807, 2.05) is 0 Å². The molecular weight excluding hydrogens is 238 g/mol. The van der Waals surface area contributed by atoms with Crippen molar-refractivity contribution in [2.24, 2.45) is 23.5 Å². The normalized spacial score (nSPS) is 33.1. The molecule has 0 bridgehead atoms. The maximum absolute atomic E-state index is 12.2. The molecule has 4 nitrogen and oxygen atoms in total. The molecule has 0 aromatic carbocycles. The maximum Gasteiger partial charge on any atom is 0.223 e. The number of nitrogens with two attached hydrogens (primary N) is 1. The second-order valence-corrected chi connectivity index (χ2v) is 6.47. The van der Waals surface area contributed by atoms with Gasteiger partial charge in [0.1, 0.15) is 0 Å². The summed E-state index contributed by atoms with van der Waals surface area (Å²) in [6.45, 7) is 3.97. The van der Waals surface area contributed by atoms with Crippen molar-refractivity contribution in [3.05, 3.63) is 0 Å². The second-order valence-electron chi connectivity index (χ2n) is 6.47. The first kappa shape index (κ1) is 14.8. The lowest BCUT2D eigenvalue weighted by molar-refractivity contribution is -0.126. The van der Waals surface area contributed by atoms with E-state index in [0.29, 0.717) is 11.8 Å². The molecule has 0 aromatic rings. The minimum Gasteiger partial charge on any atom is -0.356 e. The third-order valence-electron chi connectivity index (χ3n) is 4.84. The summed E-state index contributed by atoms with van der Waals surface area (Å²) in [5, 5.41) is 3.18. The fourth-order valence-electron chi connectivity index (χ4n) is 3.49. The highest BCUT2D eigenvalue weighted by Gasteiger charge is 2.26. The molecule has 0 spiro atoms. The highest BCUT2D eigenvalue weighted by atomic mass is 16.1. The van der Waals surface area contributed by atoms with Gasteiger partial charge in [0.15, 0.2) is 0 Å². The predicted octanol–water partition coefficient (Wildman–Crippen LogP) is 1.21. The van der Waals surface area contributed by atoms with Crippen molar-refractivity contribution in [2.45, 2.75) is 38.5 Å². The Balaban J connectivity index is 1.67. The number of hydrogen-bond acceptors (Lipinski definition) is 3.